The highest BCUT2D eigenvalue weighted by Gasteiger charge is 2.24. The SMILES string of the molecule is C[C@H](N)c1ccccc1N1CCCCC1CO. The van der Waals surface area contributed by atoms with Crippen LogP contribution in [0.15, 0.2) is 24.3 Å². The van der Waals surface area contributed by atoms with E-state index in [4.69, 9.17) is 5.73 Å². The number of hydrogen-bond donors (Lipinski definition) is 2. The number of benzene rings is 1. The zero-order chi connectivity index (χ0) is 12.3. The molecule has 1 fully saturated rings. The molecule has 0 amide bonds. The Morgan fingerprint density at radius 1 is 1.41 bits per heavy atom. The normalized spacial score (nSPS) is 22.5. The van der Waals surface area contributed by atoms with Crippen molar-refractivity contribution in [1.82, 2.24) is 0 Å². The zero-order valence-corrected chi connectivity index (χ0v) is 10.5. The molecule has 1 unspecified atom stereocenters. The molecule has 2 rings (SSSR count). The molecule has 1 saturated heterocycles. The second-order valence-electron chi connectivity index (χ2n) is 4.87. The van der Waals surface area contributed by atoms with Crippen molar-refractivity contribution in [2.24, 2.45) is 5.73 Å². The van der Waals surface area contributed by atoms with Crippen LogP contribution in [0.25, 0.3) is 0 Å². The summed E-state index contributed by atoms with van der Waals surface area (Å²) in [4.78, 5) is 2.32. The summed E-state index contributed by atoms with van der Waals surface area (Å²) in [5.41, 5.74) is 8.39. The number of aliphatic hydroxyl groups excluding tert-OH is 1. The Balaban J connectivity index is 2.31. The highest BCUT2D eigenvalue weighted by molar-refractivity contribution is 5.56. The number of para-hydroxylation sites is 1. The highest BCUT2D eigenvalue weighted by Crippen LogP contribution is 2.30. The first-order chi connectivity index (χ1) is 8.24. The van der Waals surface area contributed by atoms with Gasteiger partial charge in [-0.05, 0) is 37.8 Å². The molecule has 1 heterocycles. The lowest BCUT2D eigenvalue weighted by Gasteiger charge is -2.38. The fourth-order valence-corrected chi connectivity index (χ4v) is 2.64. The van der Waals surface area contributed by atoms with Crippen LogP contribution in [-0.4, -0.2) is 24.3 Å². The van der Waals surface area contributed by atoms with Gasteiger partial charge in [-0.1, -0.05) is 18.2 Å². The summed E-state index contributed by atoms with van der Waals surface area (Å²) in [7, 11) is 0. The molecule has 0 radical (unpaired) electrons. The number of hydrogen-bond acceptors (Lipinski definition) is 3. The standard InChI is InChI=1S/C14H22N2O/c1-11(15)13-7-2-3-8-14(13)16-9-5-4-6-12(16)10-17/h2-3,7-8,11-12,17H,4-6,9-10,15H2,1H3/t11-,12?/m0/s1. The van der Waals surface area contributed by atoms with Crippen LogP contribution in [0, 0.1) is 0 Å². The van der Waals surface area contributed by atoms with Gasteiger partial charge in [0.1, 0.15) is 0 Å². The predicted molar refractivity (Wildman–Crippen MR) is 71.1 cm³/mol. The molecule has 0 aliphatic carbocycles. The molecule has 1 aromatic carbocycles. The van der Waals surface area contributed by atoms with Gasteiger partial charge < -0.3 is 15.7 Å². The minimum atomic E-state index is 0.0347. The van der Waals surface area contributed by atoms with Crippen LogP contribution in [0.3, 0.4) is 0 Å². The Labute approximate surface area is 103 Å². The number of rotatable bonds is 3. The summed E-state index contributed by atoms with van der Waals surface area (Å²) in [6.07, 6.45) is 3.48. The third kappa shape index (κ3) is 2.61. The van der Waals surface area contributed by atoms with Gasteiger partial charge in [0.2, 0.25) is 0 Å². The molecular formula is C14H22N2O. The molecule has 2 atom stereocenters. The van der Waals surface area contributed by atoms with E-state index in [1.54, 1.807) is 0 Å². The number of nitrogens with zero attached hydrogens (tertiary/aromatic N) is 1. The molecule has 3 N–H and O–H groups in total. The van der Waals surface area contributed by atoms with Gasteiger partial charge in [0, 0.05) is 18.3 Å². The lowest BCUT2D eigenvalue weighted by molar-refractivity contribution is 0.240. The van der Waals surface area contributed by atoms with Crippen LogP contribution in [0.2, 0.25) is 0 Å². The van der Waals surface area contributed by atoms with E-state index in [9.17, 15) is 5.11 Å². The van der Waals surface area contributed by atoms with Crippen LogP contribution in [0.5, 0.6) is 0 Å². The van der Waals surface area contributed by atoms with Crippen LogP contribution in [-0.2, 0) is 0 Å². The molecule has 17 heavy (non-hydrogen) atoms. The Hall–Kier alpha value is -1.06. The molecule has 3 nitrogen and oxygen atoms in total. The average molecular weight is 234 g/mol. The summed E-state index contributed by atoms with van der Waals surface area (Å²) < 4.78 is 0. The number of nitrogens with two attached hydrogens (primary N) is 1. The minimum absolute atomic E-state index is 0.0347. The lowest BCUT2D eigenvalue weighted by atomic mass is 9.98. The average Bonchev–Trinajstić information content (AvgIpc) is 2.38. The van der Waals surface area contributed by atoms with Crippen molar-refractivity contribution in [3.05, 3.63) is 29.8 Å². The largest absolute Gasteiger partial charge is 0.394 e. The topological polar surface area (TPSA) is 49.5 Å². The minimum Gasteiger partial charge on any atom is -0.394 e. The van der Waals surface area contributed by atoms with Gasteiger partial charge in [-0.25, -0.2) is 0 Å². The van der Waals surface area contributed by atoms with Crippen molar-refractivity contribution in [2.75, 3.05) is 18.1 Å². The quantitative estimate of drug-likeness (QED) is 0.841. The number of piperidine rings is 1. The van der Waals surface area contributed by atoms with Crippen LogP contribution in [0.4, 0.5) is 5.69 Å². The second-order valence-corrected chi connectivity index (χ2v) is 4.87. The Morgan fingerprint density at radius 2 is 2.18 bits per heavy atom. The molecule has 94 valence electrons. The van der Waals surface area contributed by atoms with E-state index in [0.717, 1.165) is 13.0 Å². The molecule has 0 bridgehead atoms. The van der Waals surface area contributed by atoms with E-state index in [2.05, 4.69) is 17.0 Å². The monoisotopic (exact) mass is 234 g/mol. The summed E-state index contributed by atoms with van der Waals surface area (Å²) in [5, 5.41) is 9.48. The fourth-order valence-electron chi connectivity index (χ4n) is 2.64. The number of anilines is 1. The van der Waals surface area contributed by atoms with E-state index >= 15 is 0 Å². The fraction of sp³-hybridized carbons (Fsp3) is 0.571. The van der Waals surface area contributed by atoms with Gasteiger partial charge >= 0.3 is 0 Å². The molecule has 1 aliphatic heterocycles. The van der Waals surface area contributed by atoms with Crippen LogP contribution in [0.1, 0.15) is 37.8 Å². The van der Waals surface area contributed by atoms with E-state index in [-0.39, 0.29) is 18.7 Å². The van der Waals surface area contributed by atoms with Crippen LogP contribution >= 0.6 is 0 Å². The van der Waals surface area contributed by atoms with Gasteiger partial charge in [0.05, 0.1) is 12.6 Å². The zero-order valence-electron chi connectivity index (χ0n) is 10.5. The lowest BCUT2D eigenvalue weighted by Crippen LogP contribution is -2.42. The van der Waals surface area contributed by atoms with E-state index in [1.165, 1.54) is 24.1 Å². The van der Waals surface area contributed by atoms with Crippen molar-refractivity contribution in [3.8, 4) is 0 Å². The molecule has 0 saturated carbocycles. The molecule has 0 aromatic heterocycles. The van der Waals surface area contributed by atoms with Crippen molar-refractivity contribution in [3.63, 3.8) is 0 Å². The highest BCUT2D eigenvalue weighted by atomic mass is 16.3. The maximum atomic E-state index is 9.48. The van der Waals surface area contributed by atoms with E-state index in [0.29, 0.717) is 0 Å². The van der Waals surface area contributed by atoms with Crippen molar-refractivity contribution in [2.45, 2.75) is 38.3 Å². The van der Waals surface area contributed by atoms with Gasteiger partial charge in [0.25, 0.3) is 0 Å². The first-order valence-electron chi connectivity index (χ1n) is 6.46. The summed E-state index contributed by atoms with van der Waals surface area (Å²) in [6, 6.07) is 8.57. The van der Waals surface area contributed by atoms with Crippen LogP contribution < -0.4 is 10.6 Å². The molecule has 1 aromatic rings. The van der Waals surface area contributed by atoms with Crippen molar-refractivity contribution < 1.29 is 5.11 Å². The summed E-state index contributed by atoms with van der Waals surface area (Å²) in [5.74, 6) is 0. The summed E-state index contributed by atoms with van der Waals surface area (Å²) in [6.45, 7) is 3.26. The molecular weight excluding hydrogens is 212 g/mol. The van der Waals surface area contributed by atoms with Gasteiger partial charge in [-0.2, -0.15) is 0 Å². The number of aliphatic hydroxyl groups is 1. The Morgan fingerprint density at radius 3 is 2.88 bits per heavy atom. The van der Waals surface area contributed by atoms with Gasteiger partial charge in [-0.3, -0.25) is 0 Å². The second kappa shape index (κ2) is 5.52. The predicted octanol–water partition coefficient (Wildman–Crippen LogP) is 2.06. The molecule has 0 spiro atoms. The maximum absolute atomic E-state index is 9.48. The van der Waals surface area contributed by atoms with Gasteiger partial charge in [-0.15, -0.1) is 0 Å². The first kappa shape index (κ1) is 12.4. The van der Waals surface area contributed by atoms with Crippen molar-refractivity contribution >= 4 is 5.69 Å². The van der Waals surface area contributed by atoms with Gasteiger partial charge in [0.15, 0.2) is 0 Å². The third-order valence-corrected chi connectivity index (χ3v) is 3.57. The third-order valence-electron chi connectivity index (χ3n) is 3.57. The molecule has 3 heteroatoms. The summed E-state index contributed by atoms with van der Waals surface area (Å²) >= 11 is 0. The van der Waals surface area contributed by atoms with E-state index < -0.39 is 0 Å². The van der Waals surface area contributed by atoms with Crippen molar-refractivity contribution in [1.29, 1.82) is 0 Å². The Bertz CT molecular complexity index is 365. The first-order valence-corrected chi connectivity index (χ1v) is 6.46. The maximum Gasteiger partial charge on any atom is 0.0635 e. The molecule has 1 aliphatic rings. The smallest absolute Gasteiger partial charge is 0.0635 e. The Kier molecular flexibility index (Phi) is 4.02. The van der Waals surface area contributed by atoms with E-state index in [1.807, 2.05) is 19.1 Å².